The summed E-state index contributed by atoms with van der Waals surface area (Å²) in [6, 6.07) is 4.89. The Bertz CT molecular complexity index is 600. The number of alkyl halides is 3. The van der Waals surface area contributed by atoms with Crippen LogP contribution in [0.1, 0.15) is 6.93 Å². The van der Waals surface area contributed by atoms with Gasteiger partial charge < -0.3 is 4.74 Å². The van der Waals surface area contributed by atoms with Gasteiger partial charge in [0.15, 0.2) is 0 Å². The summed E-state index contributed by atoms with van der Waals surface area (Å²) in [6.45, 7) is 0. The van der Waals surface area contributed by atoms with Crippen LogP contribution in [0.3, 0.4) is 0 Å². The van der Waals surface area contributed by atoms with Crippen molar-refractivity contribution >= 4 is 11.9 Å². The first-order valence-corrected chi connectivity index (χ1v) is 5.10. The van der Waals surface area contributed by atoms with E-state index in [0.717, 1.165) is 12.1 Å². The molecule has 0 aliphatic heterocycles. The van der Waals surface area contributed by atoms with Crippen molar-refractivity contribution in [2.75, 3.05) is 0 Å². The molecular weight excluding hydrogens is 259 g/mol. The number of rotatable bonds is 3. The van der Waals surface area contributed by atoms with Crippen LogP contribution < -0.4 is 4.74 Å². The fourth-order valence-electron chi connectivity index (χ4n) is 1.21. The van der Waals surface area contributed by atoms with Gasteiger partial charge in [-0.2, -0.15) is 0 Å². The van der Waals surface area contributed by atoms with Gasteiger partial charge in [-0.15, -0.1) is 13.2 Å². The number of aliphatic imine (C=N–C) groups is 1. The number of nitrogens with zero attached hydrogens (tertiary/aromatic N) is 3. The molecule has 0 saturated carbocycles. The molecule has 0 radical (unpaired) electrons. The van der Waals surface area contributed by atoms with E-state index < -0.39 is 6.36 Å². The first-order chi connectivity index (χ1) is 9.44. The number of halogens is 3. The van der Waals surface area contributed by atoms with Gasteiger partial charge in [0.2, 0.25) is 0 Å². The molecule has 0 fully saturated rings. The van der Waals surface area contributed by atoms with E-state index in [2.05, 4.69) is 19.7 Å². The third-order valence-electron chi connectivity index (χ3n) is 1.94. The molecule has 0 bridgehead atoms. The Hall–Kier alpha value is -2.44. The fraction of sp³-hybridized carbons (Fsp3) is 0.0833. The second-order valence-corrected chi connectivity index (χ2v) is 3.39. The van der Waals surface area contributed by atoms with Gasteiger partial charge in [0, 0.05) is 24.1 Å². The Labute approximate surface area is 108 Å². The summed E-state index contributed by atoms with van der Waals surface area (Å²) in [5.41, 5.74) is 0.733. The number of benzene rings is 1. The minimum Gasteiger partial charge on any atom is -0.406 e. The Morgan fingerprint density at radius 2 is 1.79 bits per heavy atom. The summed E-state index contributed by atoms with van der Waals surface area (Å²) in [4.78, 5) is 11.4. The summed E-state index contributed by atoms with van der Waals surface area (Å²) in [6.07, 6.45) is -0.665. The fourth-order valence-corrected chi connectivity index (χ4v) is 1.21. The summed E-state index contributed by atoms with van der Waals surface area (Å²) in [5, 5.41) is 0. The third-order valence-corrected chi connectivity index (χ3v) is 1.94. The van der Waals surface area contributed by atoms with Gasteiger partial charge >= 0.3 is 6.36 Å². The normalized spacial score (nSPS) is 13.0. The molecule has 1 heterocycles. The van der Waals surface area contributed by atoms with Crippen molar-refractivity contribution in [2.45, 2.75) is 6.36 Å². The summed E-state index contributed by atoms with van der Waals surface area (Å²) >= 11 is 0. The average Bonchev–Trinajstić information content (AvgIpc) is 2.40. The molecule has 0 aliphatic carbocycles. The molecule has 1 aromatic carbocycles. The summed E-state index contributed by atoms with van der Waals surface area (Å²) < 4.78 is 47.4. The van der Waals surface area contributed by atoms with Crippen LogP contribution >= 0.6 is 0 Å². The predicted molar refractivity (Wildman–Crippen MR) is 62.4 cm³/mol. The molecule has 0 unspecified atom stereocenters. The average molecular weight is 268 g/mol. The Kier molecular flexibility index (Phi) is 3.35. The predicted octanol–water partition coefficient (Wildman–Crippen LogP) is 3.13. The molecule has 4 nitrogen and oxygen atoms in total. The second-order valence-electron chi connectivity index (χ2n) is 3.39. The van der Waals surface area contributed by atoms with Gasteiger partial charge in [0.1, 0.15) is 12.1 Å². The molecule has 1 aromatic heterocycles. The molecule has 0 spiro atoms. The zero-order chi connectivity index (χ0) is 14.6. The number of hydrogen-bond acceptors (Lipinski definition) is 4. The van der Waals surface area contributed by atoms with E-state index in [1.165, 1.54) is 30.9 Å². The molecule has 0 amide bonds. The molecular formula is C12H8F3N3O. The summed E-state index contributed by atoms with van der Waals surface area (Å²) in [7, 11) is 0. The minimum atomic E-state index is -4.73. The molecule has 0 N–H and O–H groups in total. The van der Waals surface area contributed by atoms with Gasteiger partial charge in [0.25, 0.3) is 0 Å². The van der Waals surface area contributed by atoms with E-state index in [1.54, 1.807) is 0 Å². The molecule has 2 rings (SSSR count). The van der Waals surface area contributed by atoms with E-state index in [4.69, 9.17) is 1.37 Å². The Morgan fingerprint density at radius 1 is 1.16 bits per heavy atom. The van der Waals surface area contributed by atoms with E-state index in [1.807, 2.05) is 0 Å². The van der Waals surface area contributed by atoms with Crippen LogP contribution in [0, 0.1) is 0 Å². The minimum absolute atomic E-state index is 0.0879. The van der Waals surface area contributed by atoms with E-state index in [0.29, 0.717) is 11.3 Å². The van der Waals surface area contributed by atoms with Crippen LogP contribution in [0.4, 0.5) is 18.9 Å². The van der Waals surface area contributed by atoms with Crippen molar-refractivity contribution in [1.29, 1.82) is 0 Å². The highest BCUT2D eigenvalue weighted by atomic mass is 19.4. The second kappa shape index (κ2) is 5.47. The van der Waals surface area contributed by atoms with Crippen LogP contribution in [-0.4, -0.2) is 22.5 Å². The molecule has 2 aromatic rings. The molecule has 0 saturated heterocycles. The largest absolute Gasteiger partial charge is 0.573 e. The maximum atomic E-state index is 12.0. The smallest absolute Gasteiger partial charge is 0.406 e. The first-order valence-electron chi connectivity index (χ1n) is 5.60. The van der Waals surface area contributed by atoms with Crippen molar-refractivity contribution in [1.82, 2.24) is 9.97 Å². The number of ether oxygens (including phenoxy) is 1. The highest BCUT2D eigenvalue weighted by Gasteiger charge is 2.30. The lowest BCUT2D eigenvalue weighted by Crippen LogP contribution is -2.16. The van der Waals surface area contributed by atoms with Crippen molar-refractivity contribution in [2.24, 2.45) is 4.99 Å². The topological polar surface area (TPSA) is 47.4 Å². The number of aromatic nitrogens is 2. The van der Waals surface area contributed by atoms with E-state index in [-0.39, 0.29) is 11.9 Å². The van der Waals surface area contributed by atoms with Crippen molar-refractivity contribution < 1.29 is 19.3 Å². The SMILES string of the molecule is [2H]C(=Nc1ccc(OC(F)(F)F)cc1)c1cncnc1. The highest BCUT2D eigenvalue weighted by molar-refractivity contribution is 5.80. The van der Waals surface area contributed by atoms with E-state index in [9.17, 15) is 13.2 Å². The van der Waals surface area contributed by atoms with Crippen LogP contribution in [0.15, 0.2) is 48.0 Å². The highest BCUT2D eigenvalue weighted by Crippen LogP contribution is 2.24. The van der Waals surface area contributed by atoms with Crippen molar-refractivity contribution in [3.05, 3.63) is 48.5 Å². The maximum absolute atomic E-state index is 12.0. The van der Waals surface area contributed by atoms with Crippen LogP contribution in [0.5, 0.6) is 5.75 Å². The quantitative estimate of drug-likeness (QED) is 0.803. The zero-order valence-electron chi connectivity index (χ0n) is 10.4. The third kappa shape index (κ3) is 4.38. The molecule has 7 heteroatoms. The number of hydrogen-bond donors (Lipinski definition) is 0. The molecule has 0 aliphatic rings. The van der Waals surface area contributed by atoms with E-state index >= 15 is 0 Å². The van der Waals surface area contributed by atoms with Crippen LogP contribution in [0.25, 0.3) is 0 Å². The first kappa shape index (κ1) is 11.6. The van der Waals surface area contributed by atoms with Gasteiger partial charge in [-0.3, -0.25) is 4.99 Å². The lowest BCUT2D eigenvalue weighted by atomic mass is 10.3. The van der Waals surface area contributed by atoms with Crippen LogP contribution in [-0.2, 0) is 0 Å². The maximum Gasteiger partial charge on any atom is 0.573 e. The van der Waals surface area contributed by atoms with Gasteiger partial charge in [-0.1, -0.05) is 0 Å². The van der Waals surface area contributed by atoms with Crippen LogP contribution in [0.2, 0.25) is 0 Å². The molecule has 0 atom stereocenters. The monoisotopic (exact) mass is 268 g/mol. The van der Waals surface area contributed by atoms with Crippen molar-refractivity contribution in [3.8, 4) is 5.75 Å². The Morgan fingerprint density at radius 3 is 2.37 bits per heavy atom. The zero-order valence-corrected chi connectivity index (χ0v) is 9.43. The molecule has 19 heavy (non-hydrogen) atoms. The lowest BCUT2D eigenvalue weighted by molar-refractivity contribution is -0.274. The Balaban J connectivity index is 2.15. The standard InChI is InChI=1S/C12H8F3N3O/c13-12(14,15)19-11-3-1-10(2-4-11)18-7-9-5-16-8-17-6-9/h1-8H/i7D. The van der Waals surface area contributed by atoms with Gasteiger partial charge in [-0.25, -0.2) is 9.97 Å². The van der Waals surface area contributed by atoms with Gasteiger partial charge in [0.05, 0.1) is 7.06 Å². The lowest BCUT2D eigenvalue weighted by Gasteiger charge is -2.08. The summed E-state index contributed by atoms with van der Waals surface area (Å²) in [5.74, 6) is -0.342. The van der Waals surface area contributed by atoms with Crippen molar-refractivity contribution in [3.63, 3.8) is 0 Å². The van der Waals surface area contributed by atoms with Gasteiger partial charge in [-0.05, 0) is 24.3 Å². The molecule has 98 valence electrons.